The van der Waals surface area contributed by atoms with Crippen LogP contribution in [0, 0.1) is 5.92 Å². The minimum atomic E-state index is 0.00531. The van der Waals surface area contributed by atoms with Crippen LogP contribution in [0.1, 0.15) is 43.2 Å². The summed E-state index contributed by atoms with van der Waals surface area (Å²) in [5, 5.41) is 3.04. The number of urea groups is 1. The molecule has 3 heterocycles. The van der Waals surface area contributed by atoms with Crippen molar-refractivity contribution >= 4 is 11.9 Å². The Labute approximate surface area is 178 Å². The number of hydrogen-bond donors (Lipinski definition) is 1. The van der Waals surface area contributed by atoms with Crippen LogP contribution in [0.25, 0.3) is 0 Å². The average molecular weight is 419 g/mol. The summed E-state index contributed by atoms with van der Waals surface area (Å²) in [6.07, 6.45) is 8.96. The third-order valence-corrected chi connectivity index (χ3v) is 5.95. The highest BCUT2D eigenvalue weighted by Gasteiger charge is 2.24. The van der Waals surface area contributed by atoms with Crippen molar-refractivity contribution in [1.29, 1.82) is 0 Å². The lowest BCUT2D eigenvalue weighted by atomic mass is 9.91. The molecule has 0 spiro atoms. The molecule has 1 fully saturated rings. The number of pyridine rings is 1. The molecule has 2 aliphatic heterocycles. The number of rotatable bonds is 10. The molecule has 0 atom stereocenters. The minimum Gasteiger partial charge on any atom is -0.382 e. The molecule has 2 aliphatic rings. The van der Waals surface area contributed by atoms with E-state index in [0.717, 1.165) is 50.8 Å². The molecule has 0 aliphatic carbocycles. The Hall–Kier alpha value is -2.19. The van der Waals surface area contributed by atoms with Gasteiger partial charge >= 0.3 is 6.03 Å². The number of likely N-dealkylation sites (tertiary alicyclic amines) is 1. The lowest BCUT2D eigenvalue weighted by Crippen LogP contribution is -2.40. The fourth-order valence-electron chi connectivity index (χ4n) is 4.09. The van der Waals surface area contributed by atoms with E-state index in [1.807, 2.05) is 22.1 Å². The maximum Gasteiger partial charge on any atom is 0.318 e. The van der Waals surface area contributed by atoms with E-state index in [2.05, 4.69) is 10.3 Å². The molecular formula is C22H34N4O4. The van der Waals surface area contributed by atoms with Gasteiger partial charge in [0.05, 0.1) is 13.2 Å². The first-order valence-corrected chi connectivity index (χ1v) is 11.0. The van der Waals surface area contributed by atoms with Crippen molar-refractivity contribution in [3.8, 4) is 0 Å². The number of carbonyl (C=O) groups is 2. The van der Waals surface area contributed by atoms with Gasteiger partial charge in [-0.2, -0.15) is 0 Å². The van der Waals surface area contributed by atoms with Gasteiger partial charge in [-0.3, -0.25) is 9.78 Å². The van der Waals surface area contributed by atoms with Crippen LogP contribution in [0.2, 0.25) is 0 Å². The number of methoxy groups -OCH3 is 1. The van der Waals surface area contributed by atoms with Crippen LogP contribution in [0.5, 0.6) is 0 Å². The lowest BCUT2D eigenvalue weighted by Gasteiger charge is -2.32. The molecule has 1 N–H and O–H groups in total. The van der Waals surface area contributed by atoms with Gasteiger partial charge in [-0.25, -0.2) is 4.79 Å². The monoisotopic (exact) mass is 418 g/mol. The molecule has 30 heavy (non-hydrogen) atoms. The van der Waals surface area contributed by atoms with Gasteiger partial charge in [-0.1, -0.05) is 12.8 Å². The van der Waals surface area contributed by atoms with E-state index >= 15 is 0 Å². The second kappa shape index (κ2) is 11.9. The van der Waals surface area contributed by atoms with Crippen LogP contribution in [0.3, 0.4) is 0 Å². The van der Waals surface area contributed by atoms with Crippen LogP contribution in [0.15, 0.2) is 18.5 Å². The van der Waals surface area contributed by atoms with Crippen molar-refractivity contribution in [2.24, 2.45) is 5.92 Å². The molecule has 3 amide bonds. The van der Waals surface area contributed by atoms with Gasteiger partial charge in [0.15, 0.2) is 0 Å². The molecule has 1 aromatic rings. The number of carbonyl (C=O) groups excluding carboxylic acids is 2. The number of nitrogens with zero attached hydrogens (tertiary/aromatic N) is 3. The van der Waals surface area contributed by atoms with Crippen LogP contribution < -0.4 is 5.32 Å². The summed E-state index contributed by atoms with van der Waals surface area (Å²) in [4.78, 5) is 32.3. The molecular weight excluding hydrogens is 384 g/mol. The van der Waals surface area contributed by atoms with Gasteiger partial charge in [-0.15, -0.1) is 0 Å². The molecule has 0 saturated carbocycles. The zero-order valence-electron chi connectivity index (χ0n) is 18.0. The Kier molecular flexibility index (Phi) is 8.89. The topological polar surface area (TPSA) is 84.0 Å². The first-order chi connectivity index (χ1) is 14.7. The number of hydrogen-bond acceptors (Lipinski definition) is 5. The number of ether oxygens (including phenoxy) is 2. The third-order valence-electron chi connectivity index (χ3n) is 5.95. The number of fused-ring (bicyclic) bond motifs is 1. The standard InChI is InChI=1S/C22H34N4O4/c1-29-12-13-30-17-21(27)25-10-6-18(7-11-25)4-2-3-8-24-22(28)26-15-19-5-9-23-14-20(19)16-26/h5,9,14,18H,2-4,6-8,10-13,15-17H2,1H3,(H,24,28). The molecule has 166 valence electrons. The highest BCUT2D eigenvalue weighted by molar-refractivity contribution is 5.77. The first kappa shape index (κ1) is 22.5. The zero-order valence-corrected chi connectivity index (χ0v) is 18.0. The lowest BCUT2D eigenvalue weighted by molar-refractivity contribution is -0.138. The molecule has 1 aromatic heterocycles. The van der Waals surface area contributed by atoms with Crippen molar-refractivity contribution in [2.45, 2.75) is 45.2 Å². The second-order valence-corrected chi connectivity index (χ2v) is 8.10. The van der Waals surface area contributed by atoms with E-state index in [0.29, 0.717) is 38.8 Å². The maximum absolute atomic E-state index is 12.3. The van der Waals surface area contributed by atoms with Crippen molar-refractivity contribution in [2.75, 3.05) is 46.6 Å². The molecule has 8 heteroatoms. The van der Waals surface area contributed by atoms with Crippen molar-refractivity contribution in [3.05, 3.63) is 29.6 Å². The largest absolute Gasteiger partial charge is 0.382 e. The number of aromatic nitrogens is 1. The quantitative estimate of drug-likeness (QED) is 0.589. The predicted octanol–water partition coefficient (Wildman–Crippen LogP) is 2.18. The van der Waals surface area contributed by atoms with Crippen LogP contribution in [-0.2, 0) is 27.4 Å². The molecule has 0 aromatic carbocycles. The minimum absolute atomic E-state index is 0.00531. The molecule has 0 unspecified atom stereocenters. The summed E-state index contributed by atoms with van der Waals surface area (Å²) in [7, 11) is 1.62. The number of unbranched alkanes of at least 4 members (excludes halogenated alkanes) is 1. The summed E-state index contributed by atoms with van der Waals surface area (Å²) in [6.45, 7) is 4.77. The van der Waals surface area contributed by atoms with Crippen molar-refractivity contribution in [3.63, 3.8) is 0 Å². The van der Waals surface area contributed by atoms with E-state index in [9.17, 15) is 9.59 Å². The second-order valence-electron chi connectivity index (χ2n) is 8.10. The number of nitrogens with one attached hydrogen (secondary N) is 1. The van der Waals surface area contributed by atoms with Gasteiger partial charge in [0.25, 0.3) is 0 Å². The Morgan fingerprint density at radius 3 is 2.70 bits per heavy atom. The summed E-state index contributed by atoms with van der Waals surface area (Å²) in [5.74, 6) is 0.742. The zero-order chi connectivity index (χ0) is 21.2. The van der Waals surface area contributed by atoms with E-state index in [1.54, 1.807) is 13.3 Å². The molecule has 0 bridgehead atoms. The number of amides is 3. The number of piperidine rings is 1. The first-order valence-electron chi connectivity index (χ1n) is 11.0. The third kappa shape index (κ3) is 6.67. The summed E-state index contributed by atoms with van der Waals surface area (Å²) >= 11 is 0. The smallest absolute Gasteiger partial charge is 0.318 e. The average Bonchev–Trinajstić information content (AvgIpc) is 3.21. The van der Waals surface area contributed by atoms with Gasteiger partial charge in [0.1, 0.15) is 6.61 Å². The van der Waals surface area contributed by atoms with Crippen LogP contribution in [-0.4, -0.2) is 73.3 Å². The Bertz CT molecular complexity index is 666. The van der Waals surface area contributed by atoms with Crippen LogP contribution >= 0.6 is 0 Å². The van der Waals surface area contributed by atoms with Gasteiger partial charge in [-0.05, 0) is 42.4 Å². The predicted molar refractivity (Wildman–Crippen MR) is 113 cm³/mol. The molecule has 1 saturated heterocycles. The van der Waals surface area contributed by atoms with E-state index in [1.165, 1.54) is 5.56 Å². The van der Waals surface area contributed by atoms with Crippen LogP contribution in [0.4, 0.5) is 4.79 Å². The molecule has 0 radical (unpaired) electrons. The summed E-state index contributed by atoms with van der Waals surface area (Å²) in [6, 6.07) is 1.99. The Morgan fingerprint density at radius 2 is 1.93 bits per heavy atom. The van der Waals surface area contributed by atoms with Crippen molar-refractivity contribution in [1.82, 2.24) is 20.1 Å². The van der Waals surface area contributed by atoms with Gasteiger partial charge in [0, 0.05) is 52.2 Å². The van der Waals surface area contributed by atoms with Gasteiger partial charge in [0.2, 0.25) is 5.91 Å². The highest BCUT2D eigenvalue weighted by Crippen LogP contribution is 2.23. The highest BCUT2D eigenvalue weighted by atomic mass is 16.5. The summed E-state index contributed by atoms with van der Waals surface area (Å²) in [5.41, 5.74) is 2.32. The Morgan fingerprint density at radius 1 is 1.13 bits per heavy atom. The maximum atomic E-state index is 12.3. The van der Waals surface area contributed by atoms with E-state index < -0.39 is 0 Å². The molecule has 8 nitrogen and oxygen atoms in total. The van der Waals surface area contributed by atoms with Gasteiger partial charge < -0.3 is 24.6 Å². The summed E-state index contributed by atoms with van der Waals surface area (Å²) < 4.78 is 10.2. The Balaban J connectivity index is 1.22. The fourth-order valence-corrected chi connectivity index (χ4v) is 4.09. The van der Waals surface area contributed by atoms with E-state index in [-0.39, 0.29) is 18.5 Å². The van der Waals surface area contributed by atoms with E-state index in [4.69, 9.17) is 9.47 Å². The SMILES string of the molecule is COCCOCC(=O)N1CCC(CCCCNC(=O)N2Cc3ccncc3C2)CC1. The molecule has 3 rings (SSSR count). The van der Waals surface area contributed by atoms with Crippen molar-refractivity contribution < 1.29 is 19.1 Å². The fraction of sp³-hybridized carbons (Fsp3) is 0.682. The normalized spacial score (nSPS) is 16.6.